The lowest BCUT2D eigenvalue weighted by atomic mass is 10.0. The van der Waals surface area contributed by atoms with Gasteiger partial charge in [-0.05, 0) is 29.3 Å². The summed E-state index contributed by atoms with van der Waals surface area (Å²) in [7, 11) is 0. The lowest BCUT2D eigenvalue weighted by Crippen LogP contribution is -2.06. The van der Waals surface area contributed by atoms with E-state index in [1.807, 2.05) is 0 Å². The third kappa shape index (κ3) is 3.64. The number of aromatic nitrogens is 1. The highest BCUT2D eigenvalue weighted by atomic mass is 35.5. The highest BCUT2D eigenvalue weighted by molar-refractivity contribution is 6.29. The zero-order chi connectivity index (χ0) is 13.0. The average Bonchev–Trinajstić information content (AvgIpc) is 2.35. The van der Waals surface area contributed by atoms with Crippen molar-refractivity contribution < 1.29 is 9.18 Å². The van der Waals surface area contributed by atoms with E-state index >= 15 is 0 Å². The molecule has 0 aliphatic rings. The molecule has 0 N–H and O–H groups in total. The quantitative estimate of drug-likeness (QED) is 0.793. The molecule has 0 atom stereocenters. The fourth-order valence-corrected chi connectivity index (χ4v) is 1.74. The van der Waals surface area contributed by atoms with E-state index in [0.717, 1.165) is 11.1 Å². The van der Waals surface area contributed by atoms with Crippen molar-refractivity contribution in [2.24, 2.45) is 0 Å². The number of hydrogen-bond donors (Lipinski definition) is 0. The lowest BCUT2D eigenvalue weighted by molar-refractivity contribution is -0.117. The van der Waals surface area contributed by atoms with Gasteiger partial charge >= 0.3 is 0 Å². The Balaban J connectivity index is 1.96. The summed E-state index contributed by atoms with van der Waals surface area (Å²) in [6.45, 7) is 0. The first kappa shape index (κ1) is 12.7. The molecule has 0 aliphatic heterocycles. The van der Waals surface area contributed by atoms with E-state index in [-0.39, 0.29) is 11.6 Å². The number of hydrogen-bond acceptors (Lipinski definition) is 2. The summed E-state index contributed by atoms with van der Waals surface area (Å²) < 4.78 is 12.7. The molecule has 18 heavy (non-hydrogen) atoms. The smallest absolute Gasteiger partial charge is 0.141 e. The highest BCUT2D eigenvalue weighted by Crippen LogP contribution is 2.09. The van der Waals surface area contributed by atoms with Crippen molar-refractivity contribution in [2.45, 2.75) is 12.8 Å². The molecule has 1 heterocycles. The molecular weight excluding hydrogens is 253 g/mol. The van der Waals surface area contributed by atoms with Gasteiger partial charge in [0.25, 0.3) is 0 Å². The van der Waals surface area contributed by atoms with Crippen LogP contribution in [0.2, 0.25) is 5.15 Å². The van der Waals surface area contributed by atoms with Gasteiger partial charge in [0, 0.05) is 19.0 Å². The zero-order valence-corrected chi connectivity index (χ0v) is 10.3. The van der Waals surface area contributed by atoms with Crippen molar-refractivity contribution in [3.63, 3.8) is 0 Å². The highest BCUT2D eigenvalue weighted by Gasteiger charge is 2.06. The maximum Gasteiger partial charge on any atom is 0.141 e. The average molecular weight is 264 g/mol. The third-order valence-electron chi connectivity index (χ3n) is 2.50. The fourth-order valence-electron chi connectivity index (χ4n) is 1.63. The number of Topliss-reactive ketones (excluding diaryl/α,β-unsaturated/α-hetero) is 1. The van der Waals surface area contributed by atoms with Crippen LogP contribution in [0.4, 0.5) is 4.39 Å². The molecule has 0 radical (unpaired) electrons. The van der Waals surface area contributed by atoms with Crippen LogP contribution in [0.15, 0.2) is 42.6 Å². The molecule has 0 saturated carbocycles. The normalized spacial score (nSPS) is 10.3. The Morgan fingerprint density at radius 3 is 2.28 bits per heavy atom. The van der Waals surface area contributed by atoms with Crippen LogP contribution >= 0.6 is 11.6 Å². The molecule has 92 valence electrons. The van der Waals surface area contributed by atoms with Gasteiger partial charge < -0.3 is 0 Å². The van der Waals surface area contributed by atoms with Crippen molar-refractivity contribution in [2.75, 3.05) is 0 Å². The Labute approximate surface area is 109 Å². The standard InChI is InChI=1S/C14H11ClFNO/c15-14-6-3-11(9-17-14)8-13(18)7-10-1-4-12(16)5-2-10/h1-6,9H,7-8H2. The number of pyridine rings is 1. The molecular formula is C14H11ClFNO. The summed E-state index contributed by atoms with van der Waals surface area (Å²) >= 11 is 5.66. The molecule has 1 aromatic heterocycles. The summed E-state index contributed by atoms with van der Waals surface area (Å²) in [5, 5.41) is 0.407. The van der Waals surface area contributed by atoms with Crippen LogP contribution in [0.1, 0.15) is 11.1 Å². The summed E-state index contributed by atoms with van der Waals surface area (Å²) in [6, 6.07) is 9.37. The van der Waals surface area contributed by atoms with Crippen molar-refractivity contribution in [3.8, 4) is 0 Å². The fraction of sp³-hybridized carbons (Fsp3) is 0.143. The van der Waals surface area contributed by atoms with Gasteiger partial charge in [0.05, 0.1) is 0 Å². The Bertz CT molecular complexity index is 487. The maximum absolute atomic E-state index is 12.7. The second-order valence-electron chi connectivity index (χ2n) is 4.01. The molecule has 0 saturated heterocycles. The zero-order valence-electron chi connectivity index (χ0n) is 9.57. The summed E-state index contributed by atoms with van der Waals surface area (Å²) in [4.78, 5) is 15.7. The SMILES string of the molecule is O=C(Cc1ccc(F)cc1)Cc1ccc(Cl)nc1. The van der Waals surface area contributed by atoms with Crippen LogP contribution in [0.5, 0.6) is 0 Å². The summed E-state index contributed by atoms with van der Waals surface area (Å²) in [6.07, 6.45) is 2.19. The largest absolute Gasteiger partial charge is 0.299 e. The Morgan fingerprint density at radius 1 is 1.06 bits per heavy atom. The van der Waals surface area contributed by atoms with Crippen molar-refractivity contribution in [1.82, 2.24) is 4.98 Å². The predicted molar refractivity (Wildman–Crippen MR) is 68.1 cm³/mol. The van der Waals surface area contributed by atoms with Crippen molar-refractivity contribution in [3.05, 3.63) is 64.7 Å². The van der Waals surface area contributed by atoms with Gasteiger partial charge in [-0.15, -0.1) is 0 Å². The van der Waals surface area contributed by atoms with E-state index in [9.17, 15) is 9.18 Å². The molecule has 0 bridgehead atoms. The van der Waals surface area contributed by atoms with Crippen molar-refractivity contribution in [1.29, 1.82) is 0 Å². The minimum atomic E-state index is -0.298. The molecule has 0 spiro atoms. The van der Waals surface area contributed by atoms with Crippen molar-refractivity contribution >= 4 is 17.4 Å². The van der Waals surface area contributed by atoms with Crippen LogP contribution < -0.4 is 0 Å². The Kier molecular flexibility index (Phi) is 4.05. The minimum absolute atomic E-state index is 0.0609. The second-order valence-corrected chi connectivity index (χ2v) is 4.40. The predicted octanol–water partition coefficient (Wildman–Crippen LogP) is 3.23. The van der Waals surface area contributed by atoms with Gasteiger partial charge in [0.15, 0.2) is 0 Å². The molecule has 0 amide bonds. The lowest BCUT2D eigenvalue weighted by Gasteiger charge is -2.02. The van der Waals surface area contributed by atoms with Gasteiger partial charge in [-0.25, -0.2) is 9.37 Å². The Hall–Kier alpha value is -1.74. The number of rotatable bonds is 4. The van der Waals surface area contributed by atoms with Gasteiger partial charge in [0.1, 0.15) is 16.8 Å². The van der Waals surface area contributed by atoms with E-state index in [2.05, 4.69) is 4.98 Å². The Morgan fingerprint density at radius 2 is 1.67 bits per heavy atom. The van der Waals surface area contributed by atoms with Crippen LogP contribution in [-0.4, -0.2) is 10.8 Å². The third-order valence-corrected chi connectivity index (χ3v) is 2.73. The van der Waals surface area contributed by atoms with E-state index in [1.165, 1.54) is 12.1 Å². The number of ketones is 1. The molecule has 0 unspecified atom stereocenters. The van der Waals surface area contributed by atoms with Gasteiger partial charge in [0.2, 0.25) is 0 Å². The van der Waals surface area contributed by atoms with E-state index in [1.54, 1.807) is 30.5 Å². The number of carbonyl (C=O) groups is 1. The second kappa shape index (κ2) is 5.74. The first-order valence-electron chi connectivity index (χ1n) is 5.50. The first-order chi connectivity index (χ1) is 8.63. The van der Waals surface area contributed by atoms with Crippen LogP contribution in [-0.2, 0) is 17.6 Å². The van der Waals surface area contributed by atoms with Crippen LogP contribution in [0.25, 0.3) is 0 Å². The number of halogens is 2. The van der Waals surface area contributed by atoms with Gasteiger partial charge in [-0.2, -0.15) is 0 Å². The number of nitrogens with zero attached hydrogens (tertiary/aromatic N) is 1. The molecule has 0 fully saturated rings. The first-order valence-corrected chi connectivity index (χ1v) is 5.88. The molecule has 1 aromatic carbocycles. The van der Waals surface area contributed by atoms with Crippen LogP contribution in [0.3, 0.4) is 0 Å². The minimum Gasteiger partial charge on any atom is -0.299 e. The molecule has 2 nitrogen and oxygen atoms in total. The maximum atomic E-state index is 12.7. The van der Waals surface area contributed by atoms with E-state index in [4.69, 9.17) is 11.6 Å². The van der Waals surface area contributed by atoms with Gasteiger partial charge in [-0.3, -0.25) is 4.79 Å². The number of carbonyl (C=O) groups excluding carboxylic acids is 1. The van der Waals surface area contributed by atoms with E-state index in [0.29, 0.717) is 18.0 Å². The number of benzene rings is 1. The summed E-state index contributed by atoms with van der Waals surface area (Å²) in [5.41, 5.74) is 1.63. The topological polar surface area (TPSA) is 30.0 Å². The molecule has 2 rings (SSSR count). The van der Waals surface area contributed by atoms with E-state index < -0.39 is 0 Å². The molecule has 0 aliphatic carbocycles. The summed E-state index contributed by atoms with van der Waals surface area (Å²) in [5.74, 6) is -0.237. The monoisotopic (exact) mass is 263 g/mol. The van der Waals surface area contributed by atoms with Gasteiger partial charge in [-0.1, -0.05) is 29.8 Å². The van der Waals surface area contributed by atoms with Crippen LogP contribution in [0, 0.1) is 5.82 Å². The molecule has 2 aromatic rings. The molecule has 4 heteroatoms.